The van der Waals surface area contributed by atoms with Gasteiger partial charge in [-0.2, -0.15) is 0 Å². The molecule has 0 aromatic heterocycles. The zero-order valence-electron chi connectivity index (χ0n) is 12.5. The SMILES string of the molecule is CNCc1cccc(F)c1N(C)C(C)c1ccccc1Cl. The van der Waals surface area contributed by atoms with Gasteiger partial charge in [0.1, 0.15) is 5.82 Å². The Balaban J connectivity index is 2.40. The first-order valence-electron chi connectivity index (χ1n) is 6.95. The van der Waals surface area contributed by atoms with E-state index in [1.165, 1.54) is 6.07 Å². The van der Waals surface area contributed by atoms with Crippen molar-refractivity contribution in [3.63, 3.8) is 0 Å². The summed E-state index contributed by atoms with van der Waals surface area (Å²) in [5, 5.41) is 3.77. The molecule has 4 heteroatoms. The molecule has 1 atom stereocenters. The highest BCUT2D eigenvalue weighted by atomic mass is 35.5. The summed E-state index contributed by atoms with van der Waals surface area (Å²) in [5.41, 5.74) is 2.53. The molecular weight excluding hydrogens is 287 g/mol. The van der Waals surface area contributed by atoms with Gasteiger partial charge in [-0.05, 0) is 37.2 Å². The Labute approximate surface area is 130 Å². The summed E-state index contributed by atoms with van der Waals surface area (Å²) in [7, 11) is 3.75. The Morgan fingerprint density at radius 1 is 1.19 bits per heavy atom. The van der Waals surface area contributed by atoms with Crippen LogP contribution >= 0.6 is 11.6 Å². The summed E-state index contributed by atoms with van der Waals surface area (Å²) >= 11 is 6.26. The van der Waals surface area contributed by atoms with E-state index in [1.54, 1.807) is 6.07 Å². The van der Waals surface area contributed by atoms with Crippen molar-refractivity contribution in [3.05, 3.63) is 64.4 Å². The van der Waals surface area contributed by atoms with Gasteiger partial charge >= 0.3 is 0 Å². The quantitative estimate of drug-likeness (QED) is 0.881. The topological polar surface area (TPSA) is 15.3 Å². The molecule has 0 aliphatic heterocycles. The van der Waals surface area contributed by atoms with Crippen molar-refractivity contribution in [1.29, 1.82) is 0 Å². The van der Waals surface area contributed by atoms with Gasteiger partial charge in [-0.25, -0.2) is 4.39 Å². The summed E-state index contributed by atoms with van der Waals surface area (Å²) in [6, 6.07) is 12.8. The second-order valence-electron chi connectivity index (χ2n) is 5.09. The van der Waals surface area contributed by atoms with Crippen LogP contribution in [0.5, 0.6) is 0 Å². The van der Waals surface area contributed by atoms with E-state index < -0.39 is 0 Å². The fourth-order valence-electron chi connectivity index (χ4n) is 2.50. The minimum absolute atomic E-state index is 0.0220. The maximum atomic E-state index is 14.3. The Morgan fingerprint density at radius 3 is 2.57 bits per heavy atom. The Bertz CT molecular complexity index is 615. The number of benzene rings is 2. The summed E-state index contributed by atoms with van der Waals surface area (Å²) in [5.74, 6) is -0.218. The molecule has 0 fully saturated rings. The van der Waals surface area contributed by atoms with Gasteiger partial charge in [-0.1, -0.05) is 41.9 Å². The van der Waals surface area contributed by atoms with Gasteiger partial charge in [0.25, 0.3) is 0 Å². The summed E-state index contributed by atoms with van der Waals surface area (Å²) in [6.45, 7) is 2.64. The predicted octanol–water partition coefficient (Wildman–Crippen LogP) is 4.40. The molecule has 1 N–H and O–H groups in total. The lowest BCUT2D eigenvalue weighted by atomic mass is 10.0. The van der Waals surface area contributed by atoms with Gasteiger partial charge in [-0.3, -0.25) is 0 Å². The van der Waals surface area contributed by atoms with Gasteiger partial charge in [0, 0.05) is 18.6 Å². The smallest absolute Gasteiger partial charge is 0.146 e. The van der Waals surface area contributed by atoms with Crippen molar-refractivity contribution < 1.29 is 4.39 Å². The molecule has 0 amide bonds. The van der Waals surface area contributed by atoms with E-state index in [0.717, 1.165) is 11.1 Å². The van der Waals surface area contributed by atoms with Crippen LogP contribution in [0.15, 0.2) is 42.5 Å². The summed E-state index contributed by atoms with van der Waals surface area (Å²) in [6.07, 6.45) is 0. The van der Waals surface area contributed by atoms with Crippen LogP contribution in [-0.2, 0) is 6.54 Å². The molecule has 0 heterocycles. The Kier molecular flexibility index (Phi) is 5.21. The largest absolute Gasteiger partial charge is 0.365 e. The molecule has 0 bridgehead atoms. The minimum atomic E-state index is -0.218. The van der Waals surface area contributed by atoms with Crippen molar-refractivity contribution in [1.82, 2.24) is 5.32 Å². The lowest BCUT2D eigenvalue weighted by molar-refractivity contribution is 0.606. The molecule has 2 rings (SSSR count). The maximum absolute atomic E-state index is 14.3. The monoisotopic (exact) mass is 306 g/mol. The molecule has 0 aliphatic rings. The first-order chi connectivity index (χ1) is 10.1. The normalized spacial score (nSPS) is 12.2. The number of nitrogens with one attached hydrogen (secondary N) is 1. The van der Waals surface area contributed by atoms with E-state index in [9.17, 15) is 4.39 Å². The van der Waals surface area contributed by atoms with Crippen LogP contribution in [0.3, 0.4) is 0 Å². The Morgan fingerprint density at radius 2 is 1.90 bits per heavy atom. The van der Waals surface area contributed by atoms with E-state index in [2.05, 4.69) is 5.32 Å². The third kappa shape index (κ3) is 3.36. The van der Waals surface area contributed by atoms with Crippen molar-refractivity contribution in [3.8, 4) is 0 Å². The number of rotatable bonds is 5. The zero-order valence-corrected chi connectivity index (χ0v) is 13.3. The van der Waals surface area contributed by atoms with E-state index in [-0.39, 0.29) is 11.9 Å². The number of hydrogen-bond acceptors (Lipinski definition) is 2. The number of halogens is 2. The minimum Gasteiger partial charge on any atom is -0.365 e. The van der Waals surface area contributed by atoms with Crippen molar-refractivity contribution in [2.24, 2.45) is 0 Å². The molecule has 112 valence electrons. The van der Waals surface area contributed by atoms with Gasteiger partial charge in [0.2, 0.25) is 0 Å². The third-order valence-electron chi connectivity index (χ3n) is 3.73. The second kappa shape index (κ2) is 6.92. The van der Waals surface area contributed by atoms with E-state index in [4.69, 9.17) is 11.6 Å². The van der Waals surface area contributed by atoms with Crippen LogP contribution in [-0.4, -0.2) is 14.1 Å². The zero-order chi connectivity index (χ0) is 15.4. The molecule has 2 nitrogen and oxygen atoms in total. The van der Waals surface area contributed by atoms with E-state index in [0.29, 0.717) is 17.3 Å². The van der Waals surface area contributed by atoms with Crippen LogP contribution < -0.4 is 10.2 Å². The molecule has 21 heavy (non-hydrogen) atoms. The number of nitrogens with zero attached hydrogens (tertiary/aromatic N) is 1. The van der Waals surface area contributed by atoms with Gasteiger partial charge < -0.3 is 10.2 Å². The lowest BCUT2D eigenvalue weighted by Gasteiger charge is -2.30. The second-order valence-corrected chi connectivity index (χ2v) is 5.49. The van der Waals surface area contributed by atoms with Crippen LogP contribution in [0.25, 0.3) is 0 Å². The average molecular weight is 307 g/mol. The van der Waals surface area contributed by atoms with E-state index in [1.807, 2.05) is 56.3 Å². The standard InChI is InChI=1S/C17H20ClFN2/c1-12(14-8-4-5-9-15(14)18)21(3)17-13(11-20-2)7-6-10-16(17)19/h4-10,12,20H,11H2,1-3H3. The van der Waals surface area contributed by atoms with Crippen LogP contribution in [0.1, 0.15) is 24.1 Å². The lowest BCUT2D eigenvalue weighted by Crippen LogP contribution is -2.25. The highest BCUT2D eigenvalue weighted by molar-refractivity contribution is 6.31. The first-order valence-corrected chi connectivity index (χ1v) is 7.33. The predicted molar refractivity (Wildman–Crippen MR) is 87.4 cm³/mol. The molecular formula is C17H20ClFN2. The number of para-hydroxylation sites is 1. The van der Waals surface area contributed by atoms with Crippen molar-refractivity contribution in [2.45, 2.75) is 19.5 Å². The van der Waals surface area contributed by atoms with Gasteiger partial charge in [0.15, 0.2) is 0 Å². The highest BCUT2D eigenvalue weighted by Gasteiger charge is 2.20. The maximum Gasteiger partial charge on any atom is 0.146 e. The van der Waals surface area contributed by atoms with Gasteiger partial charge in [0.05, 0.1) is 11.7 Å². The third-order valence-corrected chi connectivity index (χ3v) is 4.07. The summed E-state index contributed by atoms with van der Waals surface area (Å²) < 4.78 is 14.3. The number of anilines is 1. The molecule has 1 unspecified atom stereocenters. The van der Waals surface area contributed by atoms with Crippen molar-refractivity contribution >= 4 is 17.3 Å². The molecule has 0 saturated carbocycles. The first kappa shape index (κ1) is 15.8. The highest BCUT2D eigenvalue weighted by Crippen LogP contribution is 2.33. The van der Waals surface area contributed by atoms with Gasteiger partial charge in [-0.15, -0.1) is 0 Å². The average Bonchev–Trinajstić information content (AvgIpc) is 2.47. The molecule has 0 saturated heterocycles. The molecule has 0 radical (unpaired) electrons. The number of hydrogen-bond donors (Lipinski definition) is 1. The fraction of sp³-hybridized carbons (Fsp3) is 0.294. The molecule has 0 spiro atoms. The molecule has 2 aromatic rings. The van der Waals surface area contributed by atoms with Crippen LogP contribution in [0.2, 0.25) is 5.02 Å². The molecule has 0 aliphatic carbocycles. The van der Waals surface area contributed by atoms with Crippen molar-refractivity contribution in [2.75, 3.05) is 19.0 Å². The summed E-state index contributed by atoms with van der Waals surface area (Å²) in [4.78, 5) is 1.93. The Hall–Kier alpha value is -1.58. The molecule has 2 aromatic carbocycles. The van der Waals surface area contributed by atoms with Crippen LogP contribution in [0.4, 0.5) is 10.1 Å². The fourth-order valence-corrected chi connectivity index (χ4v) is 2.80. The van der Waals surface area contributed by atoms with Crippen LogP contribution in [0, 0.1) is 5.82 Å². The van der Waals surface area contributed by atoms with E-state index >= 15 is 0 Å².